The van der Waals surface area contributed by atoms with Crippen LogP contribution in [0, 0.1) is 5.92 Å². The van der Waals surface area contributed by atoms with Crippen LogP contribution in [0.25, 0.3) is 0 Å². The van der Waals surface area contributed by atoms with Gasteiger partial charge in [0.15, 0.2) is 0 Å². The molecule has 0 aromatic rings. The Balaban J connectivity index is 3.14. The van der Waals surface area contributed by atoms with Crippen molar-refractivity contribution in [3.63, 3.8) is 0 Å². The fourth-order valence-corrected chi connectivity index (χ4v) is 0.663. The molecule has 4 heteroatoms. The van der Waals surface area contributed by atoms with E-state index in [-0.39, 0.29) is 11.8 Å². The minimum absolute atomic E-state index is 0.188. The molecule has 0 spiro atoms. The fourth-order valence-electron chi connectivity index (χ4n) is 0.663. The van der Waals surface area contributed by atoms with E-state index >= 15 is 0 Å². The third-order valence-electron chi connectivity index (χ3n) is 1.53. The van der Waals surface area contributed by atoms with Gasteiger partial charge in [0.25, 0.3) is 0 Å². The highest BCUT2D eigenvalue weighted by molar-refractivity contribution is 5.76. The first-order valence-electron chi connectivity index (χ1n) is 4.26. The summed E-state index contributed by atoms with van der Waals surface area (Å²) in [6.45, 7) is 6.60. The maximum atomic E-state index is 10.5. The Bertz CT molecular complexity index is 128. The molecule has 0 saturated carbocycles. The molecular formula is C8H18N2O2. The van der Waals surface area contributed by atoms with Gasteiger partial charge in [-0.3, -0.25) is 4.79 Å². The minimum atomic E-state index is -0.307. The van der Waals surface area contributed by atoms with Crippen LogP contribution in [-0.2, 0) is 9.53 Å². The normalized spacial score (nSPS) is 12.8. The summed E-state index contributed by atoms with van der Waals surface area (Å²) in [6.07, 6.45) is 0. The summed E-state index contributed by atoms with van der Waals surface area (Å²) in [4.78, 5) is 10.5. The summed E-state index contributed by atoms with van der Waals surface area (Å²) >= 11 is 0. The summed E-state index contributed by atoms with van der Waals surface area (Å²) in [6, 6.07) is 0. The molecular weight excluding hydrogens is 156 g/mol. The summed E-state index contributed by atoms with van der Waals surface area (Å²) in [5.74, 6) is -0.495. The zero-order valence-corrected chi connectivity index (χ0v) is 7.80. The number of nitrogens with two attached hydrogens (primary N) is 1. The third kappa shape index (κ3) is 6.12. The molecule has 0 aromatic carbocycles. The van der Waals surface area contributed by atoms with Crippen LogP contribution in [0.3, 0.4) is 0 Å². The van der Waals surface area contributed by atoms with Crippen molar-refractivity contribution < 1.29 is 9.53 Å². The Kier molecular flexibility index (Phi) is 6.70. The first-order chi connectivity index (χ1) is 5.68. The van der Waals surface area contributed by atoms with Gasteiger partial charge in [-0.1, -0.05) is 13.8 Å². The SMILES string of the molecule is CCNCCOCC(C)C(N)=O. The van der Waals surface area contributed by atoms with Crippen LogP contribution in [0.5, 0.6) is 0 Å². The van der Waals surface area contributed by atoms with Crippen LogP contribution in [0.4, 0.5) is 0 Å². The highest BCUT2D eigenvalue weighted by atomic mass is 16.5. The summed E-state index contributed by atoms with van der Waals surface area (Å²) < 4.78 is 5.20. The maximum Gasteiger partial charge on any atom is 0.222 e. The van der Waals surface area contributed by atoms with Crippen LogP contribution in [0.2, 0.25) is 0 Å². The second kappa shape index (κ2) is 7.06. The number of likely N-dealkylation sites (N-methyl/N-ethyl adjacent to an activating group) is 1. The van der Waals surface area contributed by atoms with Crippen molar-refractivity contribution in [3.05, 3.63) is 0 Å². The molecule has 0 fully saturated rings. The molecule has 3 N–H and O–H groups in total. The van der Waals surface area contributed by atoms with Gasteiger partial charge in [-0.25, -0.2) is 0 Å². The van der Waals surface area contributed by atoms with E-state index in [0.717, 1.165) is 13.1 Å². The van der Waals surface area contributed by atoms with Crippen molar-refractivity contribution in [1.29, 1.82) is 0 Å². The predicted molar refractivity (Wildman–Crippen MR) is 47.7 cm³/mol. The molecule has 1 atom stereocenters. The van der Waals surface area contributed by atoms with Gasteiger partial charge >= 0.3 is 0 Å². The molecule has 1 unspecified atom stereocenters. The van der Waals surface area contributed by atoms with Crippen molar-refractivity contribution in [2.45, 2.75) is 13.8 Å². The van der Waals surface area contributed by atoms with E-state index in [1.807, 2.05) is 6.92 Å². The molecule has 0 aromatic heterocycles. The van der Waals surface area contributed by atoms with E-state index in [4.69, 9.17) is 10.5 Å². The van der Waals surface area contributed by atoms with E-state index in [2.05, 4.69) is 5.32 Å². The zero-order valence-electron chi connectivity index (χ0n) is 7.80. The second-order valence-corrected chi connectivity index (χ2v) is 2.73. The lowest BCUT2D eigenvalue weighted by Crippen LogP contribution is -2.26. The largest absolute Gasteiger partial charge is 0.379 e. The van der Waals surface area contributed by atoms with Crippen LogP contribution in [0.1, 0.15) is 13.8 Å². The number of primary amides is 1. The highest BCUT2D eigenvalue weighted by Gasteiger charge is 2.07. The van der Waals surface area contributed by atoms with Gasteiger partial charge in [0.1, 0.15) is 0 Å². The molecule has 0 aliphatic carbocycles. The molecule has 0 saturated heterocycles. The molecule has 0 radical (unpaired) electrons. The predicted octanol–water partition coefficient (Wildman–Crippen LogP) is -0.266. The molecule has 0 rings (SSSR count). The molecule has 0 heterocycles. The molecule has 0 aliphatic heterocycles. The number of rotatable bonds is 7. The van der Waals surface area contributed by atoms with Crippen molar-refractivity contribution >= 4 is 5.91 Å². The van der Waals surface area contributed by atoms with Gasteiger partial charge < -0.3 is 15.8 Å². The summed E-state index contributed by atoms with van der Waals surface area (Å²) in [5, 5.41) is 3.11. The van der Waals surface area contributed by atoms with Gasteiger partial charge in [0, 0.05) is 6.54 Å². The lowest BCUT2D eigenvalue weighted by molar-refractivity contribution is -0.123. The zero-order chi connectivity index (χ0) is 9.40. The Morgan fingerprint density at radius 1 is 1.67 bits per heavy atom. The molecule has 12 heavy (non-hydrogen) atoms. The standard InChI is InChI=1S/C8H18N2O2/c1-3-10-4-5-12-6-7(2)8(9)11/h7,10H,3-6H2,1-2H3,(H2,9,11). The summed E-state index contributed by atoms with van der Waals surface area (Å²) in [5.41, 5.74) is 5.04. The van der Waals surface area contributed by atoms with Crippen LogP contribution in [-0.4, -0.2) is 32.2 Å². The number of amides is 1. The minimum Gasteiger partial charge on any atom is -0.379 e. The Morgan fingerprint density at radius 3 is 2.83 bits per heavy atom. The number of hydrogen-bond donors (Lipinski definition) is 2. The van der Waals surface area contributed by atoms with E-state index in [9.17, 15) is 4.79 Å². The van der Waals surface area contributed by atoms with Crippen molar-refractivity contribution in [3.8, 4) is 0 Å². The first-order valence-corrected chi connectivity index (χ1v) is 4.26. The van der Waals surface area contributed by atoms with E-state index in [1.165, 1.54) is 0 Å². The number of carbonyl (C=O) groups is 1. The Labute approximate surface area is 73.5 Å². The fraction of sp³-hybridized carbons (Fsp3) is 0.875. The van der Waals surface area contributed by atoms with Gasteiger partial charge in [0.2, 0.25) is 5.91 Å². The number of nitrogens with one attached hydrogen (secondary N) is 1. The van der Waals surface area contributed by atoms with Crippen LogP contribution >= 0.6 is 0 Å². The molecule has 0 aliphatic rings. The summed E-state index contributed by atoms with van der Waals surface area (Å²) in [7, 11) is 0. The van der Waals surface area contributed by atoms with Crippen molar-refractivity contribution in [1.82, 2.24) is 5.32 Å². The first kappa shape index (κ1) is 11.4. The molecule has 4 nitrogen and oxygen atoms in total. The van der Waals surface area contributed by atoms with E-state index in [1.54, 1.807) is 6.92 Å². The maximum absolute atomic E-state index is 10.5. The van der Waals surface area contributed by atoms with Gasteiger partial charge in [-0.2, -0.15) is 0 Å². The molecule has 1 amide bonds. The molecule has 72 valence electrons. The number of hydrogen-bond acceptors (Lipinski definition) is 3. The van der Waals surface area contributed by atoms with Crippen molar-refractivity contribution in [2.75, 3.05) is 26.3 Å². The highest BCUT2D eigenvalue weighted by Crippen LogP contribution is 1.92. The van der Waals surface area contributed by atoms with Gasteiger partial charge in [0.05, 0.1) is 19.1 Å². The second-order valence-electron chi connectivity index (χ2n) is 2.73. The van der Waals surface area contributed by atoms with Crippen LogP contribution < -0.4 is 11.1 Å². The monoisotopic (exact) mass is 174 g/mol. The smallest absolute Gasteiger partial charge is 0.222 e. The Morgan fingerprint density at radius 2 is 2.33 bits per heavy atom. The molecule has 0 bridgehead atoms. The Hall–Kier alpha value is -0.610. The third-order valence-corrected chi connectivity index (χ3v) is 1.53. The van der Waals surface area contributed by atoms with E-state index in [0.29, 0.717) is 13.2 Å². The van der Waals surface area contributed by atoms with Gasteiger partial charge in [-0.05, 0) is 6.54 Å². The van der Waals surface area contributed by atoms with E-state index < -0.39 is 0 Å². The average Bonchev–Trinajstić information content (AvgIpc) is 2.03. The topological polar surface area (TPSA) is 64.3 Å². The van der Waals surface area contributed by atoms with Crippen LogP contribution in [0.15, 0.2) is 0 Å². The quantitative estimate of drug-likeness (QED) is 0.522. The number of ether oxygens (including phenoxy) is 1. The van der Waals surface area contributed by atoms with Crippen molar-refractivity contribution in [2.24, 2.45) is 11.7 Å². The lowest BCUT2D eigenvalue weighted by atomic mass is 10.2. The lowest BCUT2D eigenvalue weighted by Gasteiger charge is -2.07. The van der Waals surface area contributed by atoms with Gasteiger partial charge in [-0.15, -0.1) is 0 Å². The average molecular weight is 174 g/mol. The number of carbonyl (C=O) groups excluding carboxylic acids is 1.